The largest absolute Gasteiger partial charge is 0.284 e. The molecule has 3 rings (SSSR count). The molecular weight excluding hydrogens is 347 g/mol. The van der Waals surface area contributed by atoms with Gasteiger partial charge in [0.2, 0.25) is 0 Å². The minimum atomic E-state index is 0.379. The summed E-state index contributed by atoms with van der Waals surface area (Å²) in [6, 6.07) is 12.7. The summed E-state index contributed by atoms with van der Waals surface area (Å²) in [6.07, 6.45) is 0. The summed E-state index contributed by atoms with van der Waals surface area (Å²) in [7, 11) is 0. The van der Waals surface area contributed by atoms with Crippen molar-refractivity contribution < 1.29 is 0 Å². The van der Waals surface area contributed by atoms with Crippen molar-refractivity contribution >= 4 is 46.1 Å². The summed E-state index contributed by atoms with van der Waals surface area (Å²) >= 11 is 19.6. The van der Waals surface area contributed by atoms with Crippen LogP contribution >= 0.6 is 46.1 Å². The van der Waals surface area contributed by atoms with Crippen LogP contribution < -0.4 is 4.80 Å². The highest BCUT2D eigenvalue weighted by Gasteiger charge is 2.12. The van der Waals surface area contributed by atoms with Crippen LogP contribution in [0.25, 0.3) is 16.9 Å². The number of nitrogens with zero attached hydrogens (tertiary/aromatic N) is 1. The van der Waals surface area contributed by atoms with Crippen molar-refractivity contribution in [3.8, 4) is 16.9 Å². The number of nitrogens with one attached hydrogen (secondary N) is 1. The Morgan fingerprint density at radius 2 is 1.57 bits per heavy atom. The molecule has 1 heterocycles. The number of thiazole rings is 1. The molecule has 0 aliphatic carbocycles. The molecule has 2 aromatic carbocycles. The molecule has 0 aliphatic heterocycles. The summed E-state index contributed by atoms with van der Waals surface area (Å²) in [5, 5.41) is 11.9. The van der Waals surface area contributed by atoms with Gasteiger partial charge in [-0.3, -0.25) is 9.98 Å². The first-order valence-electron chi connectivity index (χ1n) is 6.03. The summed E-state index contributed by atoms with van der Waals surface area (Å²) < 4.78 is 1.78. The van der Waals surface area contributed by atoms with E-state index in [-0.39, 0.29) is 0 Å². The summed E-state index contributed by atoms with van der Waals surface area (Å²) in [4.78, 5) is 0.379. The van der Waals surface area contributed by atoms with Gasteiger partial charge in [0.25, 0.3) is 0 Å². The predicted octanol–water partition coefficient (Wildman–Crippen LogP) is 5.65. The highest BCUT2D eigenvalue weighted by molar-refractivity contribution is 7.07. The lowest BCUT2D eigenvalue weighted by atomic mass is 10.1. The number of hydrogen-bond donors (Lipinski definition) is 1. The third-order valence-electron chi connectivity index (χ3n) is 3.02. The molecule has 0 saturated carbocycles. The zero-order valence-corrected chi connectivity index (χ0v) is 13.7. The maximum Gasteiger partial charge on any atom is 0.187 e. The monoisotopic (exact) mass is 354 g/mol. The molecule has 0 aliphatic rings. The highest BCUT2D eigenvalue weighted by atomic mass is 35.5. The zero-order valence-electron chi connectivity index (χ0n) is 10.6. The first-order chi connectivity index (χ1) is 10.1. The fraction of sp³-hybridized carbons (Fsp3) is 0. The van der Waals surface area contributed by atoms with Gasteiger partial charge in [0.05, 0.1) is 16.4 Å². The van der Waals surface area contributed by atoms with Gasteiger partial charge in [-0.1, -0.05) is 46.9 Å². The fourth-order valence-corrected chi connectivity index (χ4v) is 3.30. The summed E-state index contributed by atoms with van der Waals surface area (Å²) in [5.74, 6) is 0. The van der Waals surface area contributed by atoms with E-state index in [4.69, 9.17) is 40.2 Å². The Kier molecular flexibility index (Phi) is 4.09. The van der Waals surface area contributed by atoms with Crippen LogP contribution in [0.15, 0.2) is 47.8 Å². The average molecular weight is 356 g/mol. The Morgan fingerprint density at radius 1 is 0.905 bits per heavy atom. The Balaban J connectivity index is 2.24. The Morgan fingerprint density at radius 3 is 2.29 bits per heavy atom. The molecule has 0 spiro atoms. The van der Waals surface area contributed by atoms with Crippen LogP contribution in [0.1, 0.15) is 0 Å². The maximum absolute atomic E-state index is 8.14. The predicted molar refractivity (Wildman–Crippen MR) is 90.0 cm³/mol. The first kappa shape index (κ1) is 14.7. The topological polar surface area (TPSA) is 28.8 Å². The Bertz CT molecular complexity index is 850. The number of aromatic nitrogens is 1. The third-order valence-corrected chi connectivity index (χ3v) is 4.57. The van der Waals surface area contributed by atoms with Crippen molar-refractivity contribution in [1.29, 1.82) is 5.41 Å². The smallest absolute Gasteiger partial charge is 0.187 e. The lowest BCUT2D eigenvalue weighted by Gasteiger charge is -2.11. The van der Waals surface area contributed by atoms with E-state index >= 15 is 0 Å². The molecule has 0 bridgehead atoms. The van der Waals surface area contributed by atoms with Gasteiger partial charge in [-0.2, -0.15) is 0 Å². The lowest BCUT2D eigenvalue weighted by Crippen LogP contribution is -2.12. The standard InChI is InChI=1S/C15H9Cl3N2S/c16-10-3-1-9(2-4-10)14-8-21-15(19)20(14)13-7-11(17)5-6-12(13)18/h1-8,19H. The van der Waals surface area contributed by atoms with Crippen molar-refractivity contribution in [3.05, 3.63) is 67.7 Å². The molecule has 2 nitrogen and oxygen atoms in total. The SMILES string of the molecule is N=c1scc(-c2ccc(Cl)cc2)n1-c1cc(Cl)ccc1Cl. The van der Waals surface area contributed by atoms with Crippen LogP contribution in [-0.2, 0) is 0 Å². The number of hydrogen-bond acceptors (Lipinski definition) is 2. The molecule has 0 unspecified atom stereocenters. The van der Waals surface area contributed by atoms with Gasteiger partial charge in [-0.25, -0.2) is 0 Å². The fourth-order valence-electron chi connectivity index (χ4n) is 2.04. The Hall–Kier alpha value is -1.26. The van der Waals surface area contributed by atoms with Crippen molar-refractivity contribution in [2.24, 2.45) is 0 Å². The molecule has 0 fully saturated rings. The van der Waals surface area contributed by atoms with Crippen LogP contribution in [-0.4, -0.2) is 4.57 Å². The average Bonchev–Trinajstić information content (AvgIpc) is 2.84. The number of halogens is 3. The van der Waals surface area contributed by atoms with E-state index in [1.807, 2.05) is 29.6 Å². The molecule has 21 heavy (non-hydrogen) atoms. The minimum absolute atomic E-state index is 0.379. The van der Waals surface area contributed by atoms with Gasteiger partial charge in [0.15, 0.2) is 4.80 Å². The van der Waals surface area contributed by atoms with Crippen LogP contribution in [0.4, 0.5) is 0 Å². The molecule has 6 heteroatoms. The van der Waals surface area contributed by atoms with Gasteiger partial charge in [0.1, 0.15) is 0 Å². The second-order valence-corrected chi connectivity index (χ2v) is 6.50. The molecule has 1 aromatic heterocycles. The molecular formula is C15H9Cl3N2S. The molecule has 1 N–H and O–H groups in total. The molecule has 3 aromatic rings. The molecule has 0 saturated heterocycles. The van der Waals surface area contributed by atoms with Crippen molar-refractivity contribution in [2.75, 3.05) is 0 Å². The summed E-state index contributed by atoms with van der Waals surface area (Å²) in [6.45, 7) is 0. The van der Waals surface area contributed by atoms with E-state index in [0.29, 0.717) is 25.6 Å². The van der Waals surface area contributed by atoms with E-state index < -0.39 is 0 Å². The van der Waals surface area contributed by atoms with Crippen LogP contribution in [0.3, 0.4) is 0 Å². The second kappa shape index (κ2) is 5.85. The first-order valence-corrected chi connectivity index (χ1v) is 8.04. The number of benzene rings is 2. The van der Waals surface area contributed by atoms with Crippen molar-refractivity contribution in [3.63, 3.8) is 0 Å². The van der Waals surface area contributed by atoms with Crippen molar-refractivity contribution in [2.45, 2.75) is 0 Å². The van der Waals surface area contributed by atoms with E-state index in [0.717, 1.165) is 11.3 Å². The van der Waals surface area contributed by atoms with E-state index in [1.165, 1.54) is 11.3 Å². The normalized spacial score (nSPS) is 10.8. The van der Waals surface area contributed by atoms with Crippen LogP contribution in [0.5, 0.6) is 0 Å². The summed E-state index contributed by atoms with van der Waals surface area (Å²) in [5.41, 5.74) is 2.54. The zero-order chi connectivity index (χ0) is 15.0. The van der Waals surface area contributed by atoms with Gasteiger partial charge < -0.3 is 0 Å². The van der Waals surface area contributed by atoms with Gasteiger partial charge >= 0.3 is 0 Å². The quantitative estimate of drug-likeness (QED) is 0.616. The van der Waals surface area contributed by atoms with Gasteiger partial charge in [-0.15, -0.1) is 11.3 Å². The van der Waals surface area contributed by atoms with Crippen LogP contribution in [0.2, 0.25) is 15.1 Å². The van der Waals surface area contributed by atoms with Gasteiger partial charge in [-0.05, 0) is 35.9 Å². The van der Waals surface area contributed by atoms with E-state index in [1.54, 1.807) is 22.8 Å². The van der Waals surface area contributed by atoms with E-state index in [9.17, 15) is 0 Å². The lowest BCUT2D eigenvalue weighted by molar-refractivity contribution is 0.987. The second-order valence-electron chi connectivity index (χ2n) is 4.36. The minimum Gasteiger partial charge on any atom is -0.284 e. The molecule has 0 radical (unpaired) electrons. The third kappa shape index (κ3) is 2.87. The Labute approximate surface area is 140 Å². The van der Waals surface area contributed by atoms with Crippen LogP contribution in [0, 0.1) is 5.41 Å². The van der Waals surface area contributed by atoms with Gasteiger partial charge in [0, 0.05) is 15.4 Å². The van der Waals surface area contributed by atoms with E-state index in [2.05, 4.69) is 0 Å². The molecule has 0 amide bonds. The molecule has 106 valence electrons. The maximum atomic E-state index is 8.14. The van der Waals surface area contributed by atoms with Crippen molar-refractivity contribution in [1.82, 2.24) is 4.57 Å². The number of rotatable bonds is 2. The molecule has 0 atom stereocenters. The highest BCUT2D eigenvalue weighted by Crippen LogP contribution is 2.29.